The average Bonchev–Trinajstić information content (AvgIpc) is 3.48. The Morgan fingerprint density at radius 3 is 2.48 bits per heavy atom. The van der Waals surface area contributed by atoms with Gasteiger partial charge in [-0.2, -0.15) is 10.4 Å². The van der Waals surface area contributed by atoms with E-state index >= 15 is 4.39 Å². The van der Waals surface area contributed by atoms with Gasteiger partial charge in [0.25, 0.3) is 5.91 Å². The van der Waals surface area contributed by atoms with Crippen LogP contribution in [0.4, 0.5) is 10.2 Å². The first-order valence-corrected chi connectivity index (χ1v) is 16.0. The van der Waals surface area contributed by atoms with Crippen molar-refractivity contribution in [2.24, 2.45) is 0 Å². The molecule has 0 saturated carbocycles. The molecule has 6 rings (SSSR count). The van der Waals surface area contributed by atoms with E-state index in [1.165, 1.54) is 12.4 Å². The van der Waals surface area contributed by atoms with Crippen molar-refractivity contribution in [1.29, 1.82) is 5.26 Å². The summed E-state index contributed by atoms with van der Waals surface area (Å²) in [7, 11) is 0. The Balaban J connectivity index is 1.25. The SMILES string of the molecule is CC(=O)N1CCN(C(C)(C)/C=C(\C#N)C(=O)N2CCC[C@H](n3nc(-c4ccc(Oc5ccccc5)cc4F)c4c(N)ncnc43)C2)CC1. The molecule has 248 valence electrons. The monoisotopic (exact) mass is 651 g/mol. The van der Waals surface area contributed by atoms with Gasteiger partial charge in [-0.05, 0) is 57.0 Å². The number of ether oxygens (including phenoxy) is 1. The fourth-order valence-electron chi connectivity index (χ4n) is 6.51. The van der Waals surface area contributed by atoms with Crippen LogP contribution in [0.15, 0.2) is 66.5 Å². The normalized spacial score (nSPS) is 17.7. The number of piperazine rings is 1. The van der Waals surface area contributed by atoms with Crippen LogP contribution in [-0.4, -0.2) is 91.1 Å². The smallest absolute Gasteiger partial charge is 0.264 e. The topological polar surface area (TPSA) is 146 Å². The average molecular weight is 652 g/mol. The minimum atomic E-state index is -0.577. The number of hydrogen-bond acceptors (Lipinski definition) is 9. The first-order valence-electron chi connectivity index (χ1n) is 16.0. The molecule has 2 aromatic heterocycles. The molecule has 2 N–H and O–H groups in total. The fraction of sp³-hybridized carbons (Fsp3) is 0.371. The number of nitriles is 1. The summed E-state index contributed by atoms with van der Waals surface area (Å²) >= 11 is 0. The van der Waals surface area contributed by atoms with Crippen LogP contribution in [-0.2, 0) is 9.59 Å². The van der Waals surface area contributed by atoms with Crippen LogP contribution in [0.25, 0.3) is 22.3 Å². The van der Waals surface area contributed by atoms with Gasteiger partial charge in [-0.15, -0.1) is 0 Å². The maximum atomic E-state index is 15.6. The molecule has 1 atom stereocenters. The lowest BCUT2D eigenvalue weighted by atomic mass is 9.96. The number of carbonyl (C=O) groups is 2. The van der Waals surface area contributed by atoms with Gasteiger partial charge in [-0.3, -0.25) is 14.5 Å². The molecule has 2 aromatic carbocycles. The lowest BCUT2D eigenvalue weighted by molar-refractivity contribution is -0.131. The second-order valence-electron chi connectivity index (χ2n) is 12.7. The molecule has 4 aromatic rings. The van der Waals surface area contributed by atoms with Crippen molar-refractivity contribution in [2.45, 2.75) is 45.2 Å². The third kappa shape index (κ3) is 6.57. The van der Waals surface area contributed by atoms with Crippen LogP contribution >= 0.6 is 0 Å². The second kappa shape index (κ2) is 13.4. The van der Waals surface area contributed by atoms with Crippen LogP contribution in [0.5, 0.6) is 11.5 Å². The van der Waals surface area contributed by atoms with Crippen molar-refractivity contribution in [1.82, 2.24) is 34.4 Å². The third-order valence-corrected chi connectivity index (χ3v) is 9.11. The Kier molecular flexibility index (Phi) is 9.10. The molecule has 2 fully saturated rings. The second-order valence-corrected chi connectivity index (χ2v) is 12.7. The number of piperidine rings is 1. The Hall–Kier alpha value is -5.35. The lowest BCUT2D eigenvalue weighted by Crippen LogP contribution is -2.55. The third-order valence-electron chi connectivity index (χ3n) is 9.11. The molecule has 12 nitrogen and oxygen atoms in total. The van der Waals surface area contributed by atoms with Crippen LogP contribution in [0.2, 0.25) is 0 Å². The summed E-state index contributed by atoms with van der Waals surface area (Å²) in [5, 5.41) is 15.3. The largest absolute Gasteiger partial charge is 0.457 e. The summed E-state index contributed by atoms with van der Waals surface area (Å²) in [5.41, 5.74) is 6.73. The molecule has 2 aliphatic heterocycles. The molecule has 2 aliphatic rings. The number of halogens is 1. The number of fused-ring (bicyclic) bond motifs is 1. The zero-order valence-electron chi connectivity index (χ0n) is 27.3. The van der Waals surface area contributed by atoms with E-state index in [9.17, 15) is 14.9 Å². The highest BCUT2D eigenvalue weighted by Gasteiger charge is 2.34. The molecule has 0 bridgehead atoms. The highest BCUT2D eigenvalue weighted by Crippen LogP contribution is 2.36. The number of rotatable bonds is 7. The number of para-hydroxylation sites is 1. The number of carbonyl (C=O) groups excluding carboxylic acids is 2. The molecule has 0 spiro atoms. The zero-order chi connectivity index (χ0) is 34.0. The van der Waals surface area contributed by atoms with Gasteiger partial charge in [0.2, 0.25) is 5.91 Å². The van der Waals surface area contributed by atoms with Gasteiger partial charge in [0.05, 0.1) is 11.4 Å². The Morgan fingerprint density at radius 2 is 1.79 bits per heavy atom. The van der Waals surface area contributed by atoms with E-state index in [4.69, 9.17) is 15.6 Å². The van der Waals surface area contributed by atoms with E-state index in [2.05, 4.69) is 20.9 Å². The number of nitrogens with two attached hydrogens (primary N) is 1. The van der Waals surface area contributed by atoms with Gasteiger partial charge >= 0.3 is 0 Å². The van der Waals surface area contributed by atoms with Gasteiger partial charge in [0.15, 0.2) is 5.65 Å². The first kappa shape index (κ1) is 32.6. The standard InChI is InChI=1S/C35H38FN9O3/c1-23(46)42-14-16-44(17-15-42)35(2,3)19-24(20-37)34(47)43-13-7-8-25(21-43)45-33-30(32(38)39-22-40-33)31(41-45)28-12-11-27(18-29(28)36)48-26-9-5-4-6-10-26/h4-6,9-12,18-19,22,25H,7-8,13-17,21H2,1-3H3,(H2,38,39,40)/b24-19+/t25-/m0/s1. The van der Waals surface area contributed by atoms with E-state index in [-0.39, 0.29) is 41.4 Å². The summed E-state index contributed by atoms with van der Waals surface area (Å²) in [4.78, 5) is 39.8. The van der Waals surface area contributed by atoms with E-state index in [1.54, 1.807) is 51.7 Å². The van der Waals surface area contributed by atoms with Gasteiger partial charge in [-0.1, -0.05) is 18.2 Å². The van der Waals surface area contributed by atoms with E-state index in [1.807, 2.05) is 32.0 Å². The van der Waals surface area contributed by atoms with Crippen LogP contribution in [0.1, 0.15) is 39.7 Å². The molecule has 0 unspecified atom stereocenters. The molecular formula is C35H38FN9O3. The lowest BCUT2D eigenvalue weighted by Gasteiger charge is -2.42. The van der Waals surface area contributed by atoms with Crippen LogP contribution < -0.4 is 10.5 Å². The van der Waals surface area contributed by atoms with Gasteiger partial charge < -0.3 is 20.3 Å². The molecule has 4 heterocycles. The van der Waals surface area contributed by atoms with Gasteiger partial charge in [0.1, 0.15) is 46.8 Å². The number of amides is 2. The maximum Gasteiger partial charge on any atom is 0.264 e. The predicted octanol–water partition coefficient (Wildman–Crippen LogP) is 4.56. The Labute approximate surface area is 278 Å². The van der Waals surface area contributed by atoms with Crippen molar-refractivity contribution < 1.29 is 18.7 Å². The molecule has 13 heteroatoms. The minimum Gasteiger partial charge on any atom is -0.457 e. The maximum absolute atomic E-state index is 15.6. The number of nitrogens with zero attached hydrogens (tertiary/aromatic N) is 8. The van der Waals surface area contributed by atoms with E-state index in [0.29, 0.717) is 73.8 Å². The van der Waals surface area contributed by atoms with Crippen LogP contribution in [0.3, 0.4) is 0 Å². The van der Waals surface area contributed by atoms with Crippen LogP contribution in [0, 0.1) is 17.1 Å². The number of benzene rings is 2. The molecular weight excluding hydrogens is 613 g/mol. The summed E-state index contributed by atoms with van der Waals surface area (Å²) < 4.78 is 23.2. The Bertz CT molecular complexity index is 1910. The molecule has 2 amide bonds. The molecule has 0 radical (unpaired) electrons. The summed E-state index contributed by atoms with van der Waals surface area (Å²) in [5.74, 6) is 0.211. The number of nitrogen functional groups attached to an aromatic ring is 1. The zero-order valence-corrected chi connectivity index (χ0v) is 27.3. The van der Waals surface area contributed by atoms with Crippen molar-refractivity contribution >= 4 is 28.7 Å². The van der Waals surface area contributed by atoms with E-state index < -0.39 is 11.4 Å². The number of anilines is 1. The highest BCUT2D eigenvalue weighted by atomic mass is 19.1. The quantitative estimate of drug-likeness (QED) is 0.224. The van der Waals surface area contributed by atoms with Crippen molar-refractivity contribution in [3.05, 3.63) is 72.3 Å². The minimum absolute atomic E-state index is 0.0400. The Morgan fingerprint density at radius 1 is 1.04 bits per heavy atom. The summed E-state index contributed by atoms with van der Waals surface area (Å²) in [6.07, 6.45) is 4.43. The number of hydrogen-bond donors (Lipinski definition) is 1. The van der Waals surface area contributed by atoms with Gasteiger partial charge in [-0.25, -0.2) is 19.0 Å². The fourth-order valence-corrected chi connectivity index (χ4v) is 6.51. The number of aromatic nitrogens is 4. The predicted molar refractivity (Wildman–Crippen MR) is 178 cm³/mol. The first-order chi connectivity index (χ1) is 23.1. The van der Waals surface area contributed by atoms with E-state index in [0.717, 1.165) is 0 Å². The molecule has 0 aliphatic carbocycles. The van der Waals surface area contributed by atoms with Gasteiger partial charge in [0, 0.05) is 63.4 Å². The van der Waals surface area contributed by atoms with Crippen molar-refractivity contribution in [3.63, 3.8) is 0 Å². The summed E-state index contributed by atoms with van der Waals surface area (Å²) in [6, 6.07) is 15.5. The molecule has 48 heavy (non-hydrogen) atoms. The molecule has 2 saturated heterocycles. The highest BCUT2D eigenvalue weighted by molar-refractivity contribution is 5.99. The van der Waals surface area contributed by atoms with Crippen molar-refractivity contribution in [3.8, 4) is 28.8 Å². The van der Waals surface area contributed by atoms with Crippen molar-refractivity contribution in [2.75, 3.05) is 45.0 Å². The summed E-state index contributed by atoms with van der Waals surface area (Å²) in [6.45, 7) is 8.75. The number of likely N-dealkylation sites (tertiary alicyclic amines) is 1.